The summed E-state index contributed by atoms with van der Waals surface area (Å²) >= 11 is -1.49. The van der Waals surface area contributed by atoms with E-state index >= 15 is 0 Å². The van der Waals surface area contributed by atoms with Crippen LogP contribution in [0.5, 0.6) is 0 Å². The van der Waals surface area contributed by atoms with Crippen molar-refractivity contribution in [3.63, 3.8) is 0 Å². The van der Waals surface area contributed by atoms with Gasteiger partial charge in [0.25, 0.3) is 0 Å². The van der Waals surface area contributed by atoms with E-state index in [1.165, 1.54) is 0 Å². The molecule has 1 aliphatic heterocycles. The van der Waals surface area contributed by atoms with E-state index < -0.39 is 35.2 Å². The van der Waals surface area contributed by atoms with Crippen molar-refractivity contribution in [2.45, 2.75) is 12.8 Å². The van der Waals surface area contributed by atoms with Crippen molar-refractivity contribution >= 4 is 37.6 Å². The van der Waals surface area contributed by atoms with Gasteiger partial charge >= 0.3 is 121 Å². The predicted octanol–water partition coefficient (Wildman–Crippen LogP) is 0.978. The summed E-state index contributed by atoms with van der Waals surface area (Å²) in [6, 6.07) is 3.73. The molecule has 0 atom stereocenters. The summed E-state index contributed by atoms with van der Waals surface area (Å²) in [5.41, 5.74) is 0.934. The number of aromatic nitrogens is 1. The van der Waals surface area contributed by atoms with Gasteiger partial charge in [0, 0.05) is 0 Å². The molecule has 4 nitrogen and oxygen atoms in total. The number of hydrogen-bond donors (Lipinski definition) is 1. The van der Waals surface area contributed by atoms with Crippen molar-refractivity contribution in [3.05, 3.63) is 36.8 Å². The molecule has 1 N–H and O–H groups in total. The van der Waals surface area contributed by atoms with Gasteiger partial charge in [0.05, 0.1) is 0 Å². The Morgan fingerprint density at radius 3 is 3.00 bits per heavy atom. The molecule has 0 saturated carbocycles. The molecular formula is C12H12F2InN3O. The molecule has 0 bridgehead atoms. The zero-order valence-corrected chi connectivity index (χ0v) is 13.6. The van der Waals surface area contributed by atoms with Crippen molar-refractivity contribution in [3.8, 4) is 0 Å². The number of carbonyl (C=O) groups is 1. The molecule has 2 heterocycles. The number of nitrogens with one attached hydrogen (secondary N) is 1. The molecule has 19 heavy (non-hydrogen) atoms. The van der Waals surface area contributed by atoms with Crippen LogP contribution in [0.2, 0.25) is 0 Å². The molecule has 0 fully saturated rings. The number of carbonyl (C=O) groups excluding carboxylic acids is 1. The van der Waals surface area contributed by atoms with Gasteiger partial charge in [0.15, 0.2) is 0 Å². The zero-order valence-electron chi connectivity index (χ0n) is 10.3. The first kappa shape index (κ1) is 14.2. The quantitative estimate of drug-likeness (QED) is 0.863. The first-order valence-electron chi connectivity index (χ1n) is 5.70. The molecule has 2 rings (SSSR count). The number of rotatable bonds is 4. The van der Waals surface area contributed by atoms with Crippen LogP contribution in [0, 0.1) is 0 Å². The molecule has 7 heteroatoms. The number of alkyl halides is 2. The van der Waals surface area contributed by atoms with Crippen LogP contribution in [-0.4, -0.2) is 49.3 Å². The maximum atomic E-state index is 12.7. The number of nitrogens with zero attached hydrogens (tertiary/aromatic N) is 2. The number of halogens is 2. The first-order chi connectivity index (χ1) is 8.96. The van der Waals surface area contributed by atoms with E-state index in [4.69, 9.17) is 0 Å². The molecule has 0 saturated heterocycles. The van der Waals surface area contributed by atoms with Crippen molar-refractivity contribution < 1.29 is 13.6 Å². The molecule has 1 aliphatic rings. The number of anilines is 1. The average molecular weight is 367 g/mol. The molecule has 0 radical (unpaired) electrons. The Kier molecular flexibility index (Phi) is 4.34. The van der Waals surface area contributed by atoms with E-state index in [-0.39, 0.29) is 5.91 Å². The Morgan fingerprint density at radius 1 is 1.58 bits per heavy atom. The second-order valence-electron chi connectivity index (χ2n) is 4.27. The first-order valence-corrected chi connectivity index (χ1v) is 8.82. The summed E-state index contributed by atoms with van der Waals surface area (Å²) in [5.74, 6) is -3.26. The summed E-state index contributed by atoms with van der Waals surface area (Å²) in [4.78, 5) is 15.8. The summed E-state index contributed by atoms with van der Waals surface area (Å²) in [6.45, 7) is 0.157. The third-order valence-electron chi connectivity index (χ3n) is 2.46. The third-order valence-corrected chi connectivity index (χ3v) is 6.69. The van der Waals surface area contributed by atoms with Crippen LogP contribution < -0.4 is 8.20 Å². The van der Waals surface area contributed by atoms with E-state index in [0.717, 1.165) is 12.6 Å². The normalized spacial score (nSPS) is 14.1. The van der Waals surface area contributed by atoms with Crippen molar-refractivity contribution in [1.29, 1.82) is 0 Å². The van der Waals surface area contributed by atoms with Crippen LogP contribution in [0.1, 0.15) is 6.92 Å². The monoisotopic (exact) mass is 367 g/mol. The van der Waals surface area contributed by atoms with Gasteiger partial charge < -0.3 is 0 Å². The Balaban J connectivity index is 2.00. The van der Waals surface area contributed by atoms with Gasteiger partial charge in [-0.3, -0.25) is 0 Å². The topological polar surface area (TPSA) is 45.2 Å². The second-order valence-corrected chi connectivity index (χ2v) is 8.37. The van der Waals surface area contributed by atoms with Crippen molar-refractivity contribution in [1.82, 2.24) is 10.3 Å². The Hall–Kier alpha value is -1.24. The molecule has 0 aliphatic carbocycles. The van der Waals surface area contributed by atoms with Crippen LogP contribution in [0.4, 0.5) is 14.5 Å². The molecule has 1 aromatic heterocycles. The summed E-state index contributed by atoms with van der Waals surface area (Å²) in [7, 11) is 0. The minimum atomic E-state index is -2.88. The maximum absolute atomic E-state index is 12.7. The Labute approximate surface area is 120 Å². The Morgan fingerprint density at radius 2 is 2.37 bits per heavy atom. The molecule has 0 unspecified atom stereocenters. The third kappa shape index (κ3) is 4.12. The van der Waals surface area contributed by atoms with Crippen LogP contribution >= 0.6 is 0 Å². The van der Waals surface area contributed by atoms with Gasteiger partial charge in [-0.1, -0.05) is 0 Å². The van der Waals surface area contributed by atoms with Crippen molar-refractivity contribution in [2.75, 3.05) is 9.43 Å². The van der Waals surface area contributed by atoms with Crippen LogP contribution in [-0.2, 0) is 4.79 Å². The van der Waals surface area contributed by atoms with Gasteiger partial charge in [-0.2, -0.15) is 0 Å². The average Bonchev–Trinajstić information content (AvgIpc) is 2.86. The Bertz CT molecular complexity index is 526. The standard InChI is InChI=1S/C12H12F2N3O.In/c1-12(13,14)9-17-11(18)5-3-7-16-10-4-2-6-15-8-10;/h2-4,6-8H,9H2,1H3,(H,17,18);/q-1;+1. The van der Waals surface area contributed by atoms with E-state index in [9.17, 15) is 13.6 Å². The number of hydrogen-bond acceptors (Lipinski definition) is 3. The van der Waals surface area contributed by atoms with Crippen LogP contribution in [0.3, 0.4) is 0 Å². The van der Waals surface area contributed by atoms with Gasteiger partial charge in [-0.25, -0.2) is 0 Å². The van der Waals surface area contributed by atoms with E-state index in [2.05, 4.69) is 10.3 Å². The number of amides is 1. The summed E-state index contributed by atoms with van der Waals surface area (Å²) < 4.78 is 28.0. The molecule has 0 spiro atoms. The van der Waals surface area contributed by atoms with E-state index in [1.807, 2.05) is 21.2 Å². The second kappa shape index (κ2) is 5.81. The summed E-state index contributed by atoms with van der Waals surface area (Å²) in [5, 5.41) is 2.26. The number of pyridine rings is 1. The van der Waals surface area contributed by atoms with Crippen LogP contribution in [0.25, 0.3) is 0 Å². The minimum absolute atomic E-state index is 0.384. The molecule has 0 aromatic carbocycles. The molecule has 1 aromatic rings. The fraction of sp³-hybridized carbons (Fsp3) is 0.250. The van der Waals surface area contributed by atoms with Crippen LogP contribution in [0.15, 0.2) is 36.8 Å². The fourth-order valence-electron chi connectivity index (χ4n) is 1.54. The SMILES string of the molecule is CC(F)(F)CNC(=O)[C]1=[In][N](c2cccnc2)C=C1. The van der Waals surface area contributed by atoms with E-state index in [1.54, 1.807) is 18.5 Å². The fourth-order valence-corrected chi connectivity index (χ4v) is 4.86. The molecular weight excluding hydrogens is 355 g/mol. The van der Waals surface area contributed by atoms with Crippen molar-refractivity contribution in [2.24, 2.45) is 0 Å². The molecule has 98 valence electrons. The van der Waals surface area contributed by atoms with Gasteiger partial charge in [0.1, 0.15) is 0 Å². The summed E-state index contributed by atoms with van der Waals surface area (Å²) in [6.07, 6.45) is 6.92. The van der Waals surface area contributed by atoms with Gasteiger partial charge in [-0.05, 0) is 0 Å². The zero-order chi connectivity index (χ0) is 13.9. The predicted molar refractivity (Wildman–Crippen MR) is 70.2 cm³/mol. The molecule has 1 amide bonds. The van der Waals surface area contributed by atoms with Gasteiger partial charge in [0.2, 0.25) is 0 Å². The van der Waals surface area contributed by atoms with Gasteiger partial charge in [-0.15, -0.1) is 0 Å². The van der Waals surface area contributed by atoms with E-state index in [0.29, 0.717) is 3.26 Å².